The summed E-state index contributed by atoms with van der Waals surface area (Å²) in [5.41, 5.74) is 0. The van der Waals surface area contributed by atoms with Crippen LogP contribution in [-0.4, -0.2) is 56.8 Å². The predicted molar refractivity (Wildman–Crippen MR) is 55.4 cm³/mol. The maximum Gasteiger partial charge on any atom is 0.522 e. The SMILES string of the molecule is CN(CCOC(F)(F)F)CCC1CC(F)CN1. The third-order valence-corrected chi connectivity index (χ3v) is 2.77. The summed E-state index contributed by atoms with van der Waals surface area (Å²) in [5.74, 6) is 0. The average molecular weight is 258 g/mol. The number of halogens is 4. The molecule has 0 aromatic heterocycles. The van der Waals surface area contributed by atoms with Crippen LogP contribution in [-0.2, 0) is 4.74 Å². The van der Waals surface area contributed by atoms with Gasteiger partial charge in [0.05, 0.1) is 6.61 Å². The van der Waals surface area contributed by atoms with Crippen LogP contribution in [0.3, 0.4) is 0 Å². The van der Waals surface area contributed by atoms with Crippen molar-refractivity contribution in [2.24, 2.45) is 0 Å². The minimum absolute atomic E-state index is 0.135. The van der Waals surface area contributed by atoms with E-state index in [1.54, 1.807) is 11.9 Å². The Balaban J connectivity index is 2.03. The molecule has 102 valence electrons. The van der Waals surface area contributed by atoms with Crippen molar-refractivity contribution >= 4 is 0 Å². The van der Waals surface area contributed by atoms with Gasteiger partial charge in [0.2, 0.25) is 0 Å². The Hall–Kier alpha value is -0.400. The van der Waals surface area contributed by atoms with Crippen LogP contribution < -0.4 is 5.32 Å². The van der Waals surface area contributed by atoms with Crippen LogP contribution in [0.2, 0.25) is 0 Å². The van der Waals surface area contributed by atoms with Gasteiger partial charge in [0.15, 0.2) is 0 Å². The van der Waals surface area contributed by atoms with Crippen molar-refractivity contribution in [1.82, 2.24) is 10.2 Å². The number of nitrogens with zero attached hydrogens (tertiary/aromatic N) is 1. The average Bonchev–Trinajstić information content (AvgIpc) is 2.59. The summed E-state index contributed by atoms with van der Waals surface area (Å²) in [6.45, 7) is 0.853. The van der Waals surface area contributed by atoms with Crippen LogP contribution in [0.25, 0.3) is 0 Å². The number of ether oxygens (including phenoxy) is 1. The molecule has 1 rings (SSSR count). The number of rotatable bonds is 6. The van der Waals surface area contributed by atoms with Gasteiger partial charge < -0.3 is 10.2 Å². The summed E-state index contributed by atoms with van der Waals surface area (Å²) < 4.78 is 51.5. The number of likely N-dealkylation sites (N-methyl/N-ethyl adjacent to an activating group) is 1. The number of hydrogen-bond donors (Lipinski definition) is 1. The highest BCUT2D eigenvalue weighted by Gasteiger charge is 2.28. The Bertz CT molecular complexity index is 225. The lowest BCUT2D eigenvalue weighted by atomic mass is 10.1. The second-order valence-electron chi connectivity index (χ2n) is 4.32. The largest absolute Gasteiger partial charge is 0.522 e. The fraction of sp³-hybridized carbons (Fsp3) is 1.00. The Kier molecular flexibility index (Phi) is 5.61. The van der Waals surface area contributed by atoms with Crippen LogP contribution >= 0.6 is 0 Å². The summed E-state index contributed by atoms with van der Waals surface area (Å²) in [6, 6.07) is 0.135. The van der Waals surface area contributed by atoms with Crippen molar-refractivity contribution in [3.63, 3.8) is 0 Å². The van der Waals surface area contributed by atoms with Crippen molar-refractivity contribution in [2.45, 2.75) is 31.4 Å². The van der Waals surface area contributed by atoms with E-state index in [9.17, 15) is 17.6 Å². The lowest BCUT2D eigenvalue weighted by molar-refractivity contribution is -0.324. The van der Waals surface area contributed by atoms with Gasteiger partial charge in [-0.15, -0.1) is 13.2 Å². The molecule has 0 radical (unpaired) electrons. The lowest BCUT2D eigenvalue weighted by Gasteiger charge is -2.19. The first kappa shape index (κ1) is 14.7. The summed E-state index contributed by atoms with van der Waals surface area (Å²) in [7, 11) is 1.72. The van der Waals surface area contributed by atoms with E-state index < -0.39 is 12.5 Å². The Morgan fingerprint density at radius 1 is 1.35 bits per heavy atom. The molecule has 1 aliphatic heterocycles. The summed E-state index contributed by atoms with van der Waals surface area (Å²) in [6.07, 6.45) is -4.12. The molecule has 0 spiro atoms. The summed E-state index contributed by atoms with van der Waals surface area (Å²) >= 11 is 0. The molecule has 0 aliphatic carbocycles. The quantitative estimate of drug-likeness (QED) is 0.731. The fourth-order valence-electron chi connectivity index (χ4n) is 1.80. The molecule has 0 aromatic carbocycles. The van der Waals surface area contributed by atoms with E-state index in [0.29, 0.717) is 19.5 Å². The van der Waals surface area contributed by atoms with Crippen molar-refractivity contribution in [3.05, 3.63) is 0 Å². The van der Waals surface area contributed by atoms with E-state index in [4.69, 9.17) is 0 Å². The van der Waals surface area contributed by atoms with E-state index in [1.807, 2.05) is 0 Å². The molecule has 1 aliphatic rings. The topological polar surface area (TPSA) is 24.5 Å². The predicted octanol–water partition coefficient (Wildman–Crippen LogP) is 1.54. The van der Waals surface area contributed by atoms with Gasteiger partial charge in [-0.2, -0.15) is 0 Å². The zero-order valence-electron chi connectivity index (χ0n) is 9.76. The Labute approximate surface area is 98.1 Å². The second kappa shape index (κ2) is 6.51. The number of nitrogens with one attached hydrogen (secondary N) is 1. The Morgan fingerprint density at radius 2 is 2.06 bits per heavy atom. The van der Waals surface area contributed by atoms with E-state index in [2.05, 4.69) is 10.1 Å². The molecule has 7 heteroatoms. The second-order valence-corrected chi connectivity index (χ2v) is 4.32. The van der Waals surface area contributed by atoms with Gasteiger partial charge in [-0.3, -0.25) is 4.74 Å². The van der Waals surface area contributed by atoms with Crippen LogP contribution in [0.4, 0.5) is 17.6 Å². The van der Waals surface area contributed by atoms with Gasteiger partial charge in [-0.05, 0) is 26.4 Å². The molecule has 1 N–H and O–H groups in total. The molecule has 1 heterocycles. The van der Waals surface area contributed by atoms with Gasteiger partial charge in [-0.25, -0.2) is 4.39 Å². The molecule has 0 bridgehead atoms. The third kappa shape index (κ3) is 6.80. The first-order valence-corrected chi connectivity index (χ1v) is 5.63. The highest BCUT2D eigenvalue weighted by atomic mass is 19.4. The molecule has 0 aromatic rings. The smallest absolute Gasteiger partial charge is 0.311 e. The van der Waals surface area contributed by atoms with Crippen LogP contribution in [0.15, 0.2) is 0 Å². The van der Waals surface area contributed by atoms with Crippen LogP contribution in [0.5, 0.6) is 0 Å². The van der Waals surface area contributed by atoms with Crippen molar-refractivity contribution < 1.29 is 22.3 Å². The van der Waals surface area contributed by atoms with Gasteiger partial charge >= 0.3 is 6.36 Å². The van der Waals surface area contributed by atoms with E-state index in [0.717, 1.165) is 6.42 Å². The standard InChI is InChI=1S/C10H18F4N2O/c1-16(4-5-17-10(12,13)14)3-2-9-6-8(11)7-15-9/h8-9,15H,2-7H2,1H3. The fourth-order valence-corrected chi connectivity index (χ4v) is 1.80. The normalized spacial score (nSPS) is 25.8. The molecule has 3 nitrogen and oxygen atoms in total. The molecule has 1 fully saturated rings. The van der Waals surface area contributed by atoms with Crippen molar-refractivity contribution in [2.75, 3.05) is 33.3 Å². The molecule has 2 unspecified atom stereocenters. The first-order valence-electron chi connectivity index (χ1n) is 5.63. The molecule has 1 saturated heterocycles. The summed E-state index contributed by atoms with van der Waals surface area (Å²) in [5, 5.41) is 3.03. The molecule has 17 heavy (non-hydrogen) atoms. The first-order chi connectivity index (χ1) is 7.87. The van der Waals surface area contributed by atoms with Gasteiger partial charge in [-0.1, -0.05) is 0 Å². The van der Waals surface area contributed by atoms with Gasteiger partial charge in [0, 0.05) is 19.1 Å². The highest BCUT2D eigenvalue weighted by Crippen LogP contribution is 2.16. The van der Waals surface area contributed by atoms with E-state index in [1.165, 1.54) is 0 Å². The minimum atomic E-state index is -4.56. The number of alkyl halides is 4. The molecule has 0 amide bonds. The highest BCUT2D eigenvalue weighted by molar-refractivity contribution is 4.81. The van der Waals surface area contributed by atoms with Gasteiger partial charge in [0.1, 0.15) is 6.17 Å². The maximum atomic E-state index is 12.8. The molecular weight excluding hydrogens is 240 g/mol. The summed E-state index contributed by atoms with van der Waals surface area (Å²) in [4.78, 5) is 1.75. The Morgan fingerprint density at radius 3 is 2.59 bits per heavy atom. The molecule has 2 atom stereocenters. The van der Waals surface area contributed by atoms with Crippen LogP contribution in [0.1, 0.15) is 12.8 Å². The monoisotopic (exact) mass is 258 g/mol. The molecular formula is C10H18F4N2O. The zero-order valence-corrected chi connectivity index (χ0v) is 9.76. The number of hydrogen-bond acceptors (Lipinski definition) is 3. The van der Waals surface area contributed by atoms with Crippen molar-refractivity contribution in [3.8, 4) is 0 Å². The lowest BCUT2D eigenvalue weighted by Crippen LogP contribution is -2.31. The minimum Gasteiger partial charge on any atom is -0.311 e. The van der Waals surface area contributed by atoms with Crippen LogP contribution in [0, 0.1) is 0 Å². The zero-order chi connectivity index (χ0) is 12.9. The van der Waals surface area contributed by atoms with E-state index >= 15 is 0 Å². The third-order valence-electron chi connectivity index (χ3n) is 2.77. The maximum absolute atomic E-state index is 12.8. The van der Waals surface area contributed by atoms with Crippen molar-refractivity contribution in [1.29, 1.82) is 0 Å². The van der Waals surface area contributed by atoms with Gasteiger partial charge in [0.25, 0.3) is 0 Å². The van der Waals surface area contributed by atoms with E-state index in [-0.39, 0.29) is 19.2 Å². The molecule has 0 saturated carbocycles.